The van der Waals surface area contributed by atoms with Gasteiger partial charge >= 0.3 is 0 Å². The van der Waals surface area contributed by atoms with Gasteiger partial charge < -0.3 is 10.3 Å². The molecule has 102 valence electrons. The molecule has 0 fully saturated rings. The number of fused-ring (bicyclic) bond motifs is 1. The SMILES string of the molecule is NCCc1ccc2c(ccn2Cc2ccncc2Cl)c1. The van der Waals surface area contributed by atoms with Crippen molar-refractivity contribution in [2.75, 3.05) is 6.54 Å². The lowest BCUT2D eigenvalue weighted by molar-refractivity contribution is 0.834. The maximum Gasteiger partial charge on any atom is 0.0639 e. The zero-order valence-electron chi connectivity index (χ0n) is 11.1. The second-order valence-electron chi connectivity index (χ2n) is 4.84. The number of halogens is 1. The summed E-state index contributed by atoms with van der Waals surface area (Å²) >= 11 is 6.17. The molecule has 2 N–H and O–H groups in total. The normalized spacial score (nSPS) is 11.1. The average Bonchev–Trinajstić information content (AvgIpc) is 2.84. The van der Waals surface area contributed by atoms with Gasteiger partial charge in [-0.1, -0.05) is 17.7 Å². The third-order valence-electron chi connectivity index (χ3n) is 3.47. The van der Waals surface area contributed by atoms with E-state index in [4.69, 9.17) is 17.3 Å². The number of aromatic nitrogens is 2. The fourth-order valence-corrected chi connectivity index (χ4v) is 2.60. The van der Waals surface area contributed by atoms with Crippen molar-refractivity contribution in [1.29, 1.82) is 0 Å². The third-order valence-corrected chi connectivity index (χ3v) is 3.81. The molecule has 2 heterocycles. The molecule has 3 rings (SSSR count). The predicted molar refractivity (Wildman–Crippen MR) is 83.0 cm³/mol. The van der Waals surface area contributed by atoms with Crippen LogP contribution in [0.3, 0.4) is 0 Å². The van der Waals surface area contributed by atoms with Crippen molar-refractivity contribution in [3.63, 3.8) is 0 Å². The summed E-state index contributed by atoms with van der Waals surface area (Å²) in [7, 11) is 0. The van der Waals surface area contributed by atoms with Crippen LogP contribution in [0, 0.1) is 0 Å². The van der Waals surface area contributed by atoms with Crippen LogP contribution in [0.5, 0.6) is 0 Å². The largest absolute Gasteiger partial charge is 0.343 e. The van der Waals surface area contributed by atoms with Crippen LogP contribution in [0.1, 0.15) is 11.1 Å². The summed E-state index contributed by atoms with van der Waals surface area (Å²) in [6.07, 6.45) is 6.46. The van der Waals surface area contributed by atoms with Gasteiger partial charge in [-0.2, -0.15) is 0 Å². The summed E-state index contributed by atoms with van der Waals surface area (Å²) in [6, 6.07) is 10.6. The Balaban J connectivity index is 1.95. The molecule has 0 radical (unpaired) electrons. The molecular formula is C16H16ClN3. The molecule has 1 aromatic carbocycles. The molecular weight excluding hydrogens is 270 g/mol. The Bertz CT molecular complexity index is 733. The first kappa shape index (κ1) is 13.2. The summed E-state index contributed by atoms with van der Waals surface area (Å²) < 4.78 is 2.20. The number of nitrogens with zero attached hydrogens (tertiary/aromatic N) is 2. The lowest BCUT2D eigenvalue weighted by Crippen LogP contribution is -2.02. The first-order valence-electron chi connectivity index (χ1n) is 6.64. The van der Waals surface area contributed by atoms with Crippen molar-refractivity contribution < 1.29 is 0 Å². The van der Waals surface area contributed by atoms with Gasteiger partial charge in [-0.15, -0.1) is 0 Å². The molecule has 3 nitrogen and oxygen atoms in total. The van der Waals surface area contributed by atoms with Gasteiger partial charge in [0.25, 0.3) is 0 Å². The van der Waals surface area contributed by atoms with E-state index in [1.807, 2.05) is 6.07 Å². The summed E-state index contributed by atoms with van der Waals surface area (Å²) in [5, 5.41) is 1.94. The van der Waals surface area contributed by atoms with Gasteiger partial charge in [0.05, 0.1) is 5.02 Å². The molecule has 0 bridgehead atoms. The number of nitrogens with two attached hydrogens (primary N) is 1. The number of benzene rings is 1. The second kappa shape index (κ2) is 5.65. The van der Waals surface area contributed by atoms with Crippen molar-refractivity contribution in [1.82, 2.24) is 9.55 Å². The van der Waals surface area contributed by atoms with E-state index in [9.17, 15) is 0 Å². The Morgan fingerprint density at radius 1 is 1.20 bits per heavy atom. The third kappa shape index (κ3) is 2.55. The van der Waals surface area contributed by atoms with Crippen molar-refractivity contribution in [2.24, 2.45) is 5.73 Å². The monoisotopic (exact) mass is 285 g/mol. The van der Waals surface area contributed by atoms with Crippen LogP contribution in [-0.4, -0.2) is 16.1 Å². The number of hydrogen-bond acceptors (Lipinski definition) is 2. The Morgan fingerprint density at radius 3 is 2.90 bits per heavy atom. The van der Waals surface area contributed by atoms with Crippen LogP contribution < -0.4 is 5.73 Å². The fraction of sp³-hybridized carbons (Fsp3) is 0.188. The highest BCUT2D eigenvalue weighted by Gasteiger charge is 2.05. The molecule has 0 aliphatic carbocycles. The van der Waals surface area contributed by atoms with Gasteiger partial charge in [0.15, 0.2) is 0 Å². The van der Waals surface area contributed by atoms with Gasteiger partial charge in [0.1, 0.15) is 0 Å². The molecule has 20 heavy (non-hydrogen) atoms. The fourth-order valence-electron chi connectivity index (χ4n) is 2.43. The van der Waals surface area contributed by atoms with Crippen LogP contribution in [0.15, 0.2) is 48.9 Å². The van der Waals surface area contributed by atoms with E-state index >= 15 is 0 Å². The summed E-state index contributed by atoms with van der Waals surface area (Å²) in [5.41, 5.74) is 9.16. The topological polar surface area (TPSA) is 43.8 Å². The van der Waals surface area contributed by atoms with Gasteiger partial charge in [0, 0.05) is 30.7 Å². The number of pyridine rings is 1. The van der Waals surface area contributed by atoms with E-state index in [-0.39, 0.29) is 0 Å². The Morgan fingerprint density at radius 2 is 2.10 bits per heavy atom. The molecule has 0 aliphatic rings. The minimum Gasteiger partial charge on any atom is -0.343 e. The van der Waals surface area contributed by atoms with Gasteiger partial charge in [-0.3, -0.25) is 4.98 Å². The molecule has 2 aromatic heterocycles. The number of hydrogen-bond donors (Lipinski definition) is 1. The maximum atomic E-state index is 6.17. The molecule has 0 spiro atoms. The molecule has 4 heteroatoms. The average molecular weight is 286 g/mol. The van der Waals surface area contributed by atoms with E-state index in [0.29, 0.717) is 11.6 Å². The highest BCUT2D eigenvalue weighted by Crippen LogP contribution is 2.21. The first-order valence-corrected chi connectivity index (χ1v) is 7.02. The highest BCUT2D eigenvalue weighted by atomic mass is 35.5. The Labute approximate surface area is 123 Å². The van der Waals surface area contributed by atoms with Crippen LogP contribution in [0.2, 0.25) is 5.02 Å². The van der Waals surface area contributed by atoms with E-state index < -0.39 is 0 Å². The molecule has 3 aromatic rings. The molecule has 0 atom stereocenters. The van der Waals surface area contributed by atoms with E-state index in [1.54, 1.807) is 12.4 Å². The predicted octanol–water partition coefficient (Wildman–Crippen LogP) is 3.24. The lowest BCUT2D eigenvalue weighted by atomic mass is 10.1. The Hall–Kier alpha value is -1.84. The van der Waals surface area contributed by atoms with Crippen molar-refractivity contribution in [3.05, 3.63) is 65.1 Å². The molecule has 0 saturated carbocycles. The van der Waals surface area contributed by atoms with E-state index in [1.165, 1.54) is 16.5 Å². The quantitative estimate of drug-likeness (QED) is 0.800. The maximum absolute atomic E-state index is 6.17. The zero-order chi connectivity index (χ0) is 13.9. The van der Waals surface area contributed by atoms with Crippen molar-refractivity contribution in [2.45, 2.75) is 13.0 Å². The molecule has 0 aliphatic heterocycles. The molecule has 0 saturated heterocycles. The van der Waals surface area contributed by atoms with Gasteiger partial charge in [-0.25, -0.2) is 0 Å². The zero-order valence-corrected chi connectivity index (χ0v) is 11.8. The highest BCUT2D eigenvalue weighted by molar-refractivity contribution is 6.31. The smallest absolute Gasteiger partial charge is 0.0639 e. The van der Waals surface area contributed by atoms with E-state index in [0.717, 1.165) is 18.5 Å². The number of rotatable bonds is 4. The van der Waals surface area contributed by atoms with Crippen LogP contribution in [-0.2, 0) is 13.0 Å². The summed E-state index contributed by atoms with van der Waals surface area (Å²) in [5.74, 6) is 0. The molecule has 0 amide bonds. The van der Waals surface area contributed by atoms with E-state index in [2.05, 4.69) is 40.0 Å². The standard InChI is InChI=1S/C16H16ClN3/c17-15-10-19-7-4-14(15)11-20-8-5-13-9-12(3-6-18)1-2-16(13)20/h1-2,4-5,7-10H,3,6,11,18H2. The van der Waals surface area contributed by atoms with Crippen LogP contribution >= 0.6 is 11.6 Å². The first-order chi connectivity index (χ1) is 9.78. The van der Waals surface area contributed by atoms with Gasteiger partial charge in [-0.05, 0) is 53.7 Å². The van der Waals surface area contributed by atoms with Crippen LogP contribution in [0.25, 0.3) is 10.9 Å². The lowest BCUT2D eigenvalue weighted by Gasteiger charge is -2.07. The van der Waals surface area contributed by atoms with Crippen molar-refractivity contribution >= 4 is 22.5 Å². The summed E-state index contributed by atoms with van der Waals surface area (Å²) in [6.45, 7) is 1.43. The Kier molecular flexibility index (Phi) is 3.72. The minimum atomic E-state index is 0.679. The van der Waals surface area contributed by atoms with Crippen molar-refractivity contribution in [3.8, 4) is 0 Å². The second-order valence-corrected chi connectivity index (χ2v) is 5.25. The van der Waals surface area contributed by atoms with Crippen LogP contribution in [0.4, 0.5) is 0 Å². The minimum absolute atomic E-state index is 0.679. The molecule has 0 unspecified atom stereocenters. The summed E-state index contributed by atoms with van der Waals surface area (Å²) in [4.78, 5) is 4.02. The van der Waals surface area contributed by atoms with Gasteiger partial charge in [0.2, 0.25) is 0 Å².